The molecule has 10 atom stereocenters. The van der Waals surface area contributed by atoms with Gasteiger partial charge in [-0.25, -0.2) is 0 Å². The first-order valence-electron chi connectivity index (χ1n) is 7.42. The fourth-order valence-corrected chi connectivity index (χ4v) is 3.50. The lowest BCUT2D eigenvalue weighted by Gasteiger charge is -2.42. The van der Waals surface area contributed by atoms with Gasteiger partial charge in [0.1, 0.15) is 42.7 Å². The predicted octanol–water partition coefficient (Wildman–Crippen LogP) is -3.72. The van der Waals surface area contributed by atoms with Crippen LogP contribution in [-0.2, 0) is 29.7 Å². The van der Waals surface area contributed by atoms with Gasteiger partial charge in [-0.1, -0.05) is 0 Å². The highest BCUT2D eigenvalue weighted by Crippen LogP contribution is 2.29. The Morgan fingerprint density at radius 2 is 1.58 bits per heavy atom. The first-order chi connectivity index (χ1) is 11.3. The summed E-state index contributed by atoms with van der Waals surface area (Å²) in [5, 5.41) is 49.5. The van der Waals surface area contributed by atoms with Gasteiger partial charge in [0.15, 0.2) is 12.6 Å². The third-order valence-electron chi connectivity index (χ3n) is 4.06. The van der Waals surface area contributed by atoms with Crippen LogP contribution in [0.25, 0.3) is 0 Å². The molecule has 0 aromatic heterocycles. The standard InChI is InChI=1S/C13H24O10S/c1-20-12-10(18)11(8(16)5(3-14)21-12)23-13-9(17)7(15)6(22-13)4-24(2)19/h5-18H,3-4H2,1-2H3/t5-,6-,7+,8-,9-,10+,11+,12+,13-,24?/m1/s1. The molecule has 0 bridgehead atoms. The molecule has 24 heavy (non-hydrogen) atoms. The summed E-state index contributed by atoms with van der Waals surface area (Å²) in [4.78, 5) is 0. The molecular formula is C13H24O10S. The maximum atomic E-state index is 11.3. The average Bonchev–Trinajstić information content (AvgIpc) is 2.79. The smallest absolute Gasteiger partial charge is 0.187 e. The van der Waals surface area contributed by atoms with Crippen LogP contribution in [0.4, 0.5) is 0 Å². The van der Waals surface area contributed by atoms with Gasteiger partial charge in [0, 0.05) is 24.2 Å². The van der Waals surface area contributed by atoms with Crippen molar-refractivity contribution in [2.24, 2.45) is 0 Å². The van der Waals surface area contributed by atoms with Gasteiger partial charge in [-0.05, 0) is 0 Å². The normalized spacial score (nSPS) is 47.7. The van der Waals surface area contributed by atoms with E-state index in [-0.39, 0.29) is 5.75 Å². The topological polar surface area (TPSA) is 155 Å². The first-order valence-corrected chi connectivity index (χ1v) is 9.15. The third-order valence-corrected chi connectivity index (χ3v) is 4.86. The Kier molecular flexibility index (Phi) is 7.08. The highest BCUT2D eigenvalue weighted by atomic mass is 32.2. The van der Waals surface area contributed by atoms with Crippen LogP contribution in [0.5, 0.6) is 0 Å². The van der Waals surface area contributed by atoms with Crippen LogP contribution in [0, 0.1) is 0 Å². The maximum absolute atomic E-state index is 11.3. The molecule has 0 radical (unpaired) electrons. The van der Waals surface area contributed by atoms with Crippen molar-refractivity contribution < 1.29 is 48.7 Å². The number of ether oxygens (including phenoxy) is 4. The van der Waals surface area contributed by atoms with Gasteiger partial charge < -0.3 is 44.5 Å². The molecule has 2 rings (SSSR count). The molecular weight excluding hydrogens is 348 g/mol. The molecule has 0 saturated carbocycles. The molecule has 0 aromatic carbocycles. The van der Waals surface area contributed by atoms with Crippen molar-refractivity contribution in [1.82, 2.24) is 0 Å². The van der Waals surface area contributed by atoms with Gasteiger partial charge in [-0.3, -0.25) is 4.21 Å². The summed E-state index contributed by atoms with van der Waals surface area (Å²) in [5.41, 5.74) is 0. The summed E-state index contributed by atoms with van der Waals surface area (Å²) in [5.74, 6) is -0.00304. The van der Waals surface area contributed by atoms with Crippen molar-refractivity contribution >= 4 is 10.8 Å². The van der Waals surface area contributed by atoms with Crippen molar-refractivity contribution in [3.63, 3.8) is 0 Å². The molecule has 10 nitrogen and oxygen atoms in total. The number of methoxy groups -OCH3 is 1. The fourth-order valence-electron chi connectivity index (χ4n) is 2.76. The molecule has 11 heteroatoms. The largest absolute Gasteiger partial charge is 0.394 e. The highest BCUT2D eigenvalue weighted by Gasteiger charge is 2.50. The van der Waals surface area contributed by atoms with Gasteiger partial charge in [-0.15, -0.1) is 0 Å². The Morgan fingerprint density at radius 1 is 0.958 bits per heavy atom. The van der Waals surface area contributed by atoms with Gasteiger partial charge in [0.25, 0.3) is 0 Å². The van der Waals surface area contributed by atoms with Crippen molar-refractivity contribution in [2.75, 3.05) is 25.7 Å². The number of aliphatic hydroxyl groups is 5. The van der Waals surface area contributed by atoms with E-state index in [1.54, 1.807) is 0 Å². The van der Waals surface area contributed by atoms with Crippen molar-refractivity contribution in [3.05, 3.63) is 0 Å². The lowest BCUT2D eigenvalue weighted by atomic mass is 9.99. The molecule has 1 unspecified atom stereocenters. The van der Waals surface area contributed by atoms with Gasteiger partial charge in [-0.2, -0.15) is 0 Å². The van der Waals surface area contributed by atoms with E-state index in [1.807, 2.05) is 0 Å². The van der Waals surface area contributed by atoms with E-state index in [9.17, 15) is 29.7 Å². The minimum Gasteiger partial charge on any atom is -0.394 e. The number of hydrogen-bond donors (Lipinski definition) is 5. The van der Waals surface area contributed by atoms with Crippen LogP contribution in [0.3, 0.4) is 0 Å². The summed E-state index contributed by atoms with van der Waals surface area (Å²) in [7, 11) is 0.00772. The van der Waals surface area contributed by atoms with Crippen LogP contribution in [-0.4, -0.2) is 111 Å². The van der Waals surface area contributed by atoms with E-state index < -0.39 is 72.7 Å². The first kappa shape index (κ1) is 20.1. The van der Waals surface area contributed by atoms with Crippen LogP contribution in [0.15, 0.2) is 0 Å². The van der Waals surface area contributed by atoms with Crippen LogP contribution < -0.4 is 0 Å². The summed E-state index contributed by atoms with van der Waals surface area (Å²) in [6.45, 7) is -0.540. The second-order valence-corrected chi connectivity index (χ2v) is 7.29. The fraction of sp³-hybridized carbons (Fsp3) is 1.00. The average molecular weight is 372 g/mol. The van der Waals surface area contributed by atoms with E-state index in [2.05, 4.69) is 0 Å². The van der Waals surface area contributed by atoms with Crippen LogP contribution in [0.2, 0.25) is 0 Å². The molecule has 2 saturated heterocycles. The summed E-state index contributed by atoms with van der Waals surface area (Å²) in [6.07, 6.45) is -9.94. The number of aliphatic hydroxyl groups excluding tert-OH is 5. The van der Waals surface area contributed by atoms with E-state index in [1.165, 1.54) is 13.4 Å². The SMILES string of the molecule is CO[C@H]1O[C@H](CO)[C@@H](O)[C@H](O[C@H]2O[C@H](CS(C)=O)[C@H](O)[C@H]2O)[C@@H]1O. The summed E-state index contributed by atoms with van der Waals surface area (Å²) < 4.78 is 32.2. The number of rotatable bonds is 6. The Balaban J connectivity index is 2.08. The summed E-state index contributed by atoms with van der Waals surface area (Å²) >= 11 is 0. The van der Waals surface area contributed by atoms with Gasteiger partial charge >= 0.3 is 0 Å². The molecule has 2 heterocycles. The number of hydrogen-bond acceptors (Lipinski definition) is 10. The van der Waals surface area contributed by atoms with E-state index in [0.717, 1.165) is 0 Å². The second kappa shape index (κ2) is 8.45. The molecule has 0 aromatic rings. The van der Waals surface area contributed by atoms with E-state index in [0.29, 0.717) is 0 Å². The maximum Gasteiger partial charge on any atom is 0.187 e. The van der Waals surface area contributed by atoms with E-state index in [4.69, 9.17) is 18.9 Å². The molecule has 2 aliphatic heterocycles. The zero-order valence-electron chi connectivity index (χ0n) is 13.3. The van der Waals surface area contributed by atoms with E-state index >= 15 is 0 Å². The molecule has 2 aliphatic rings. The zero-order valence-corrected chi connectivity index (χ0v) is 14.1. The van der Waals surface area contributed by atoms with Gasteiger partial charge in [0.2, 0.25) is 0 Å². The van der Waals surface area contributed by atoms with Crippen LogP contribution >= 0.6 is 0 Å². The molecule has 0 spiro atoms. The van der Waals surface area contributed by atoms with Gasteiger partial charge in [0.05, 0.1) is 12.4 Å². The Labute approximate surface area is 141 Å². The minimum absolute atomic E-state index is 0.00304. The molecule has 2 fully saturated rings. The minimum atomic E-state index is -1.45. The molecule has 5 N–H and O–H groups in total. The lowest BCUT2D eigenvalue weighted by molar-refractivity contribution is -0.325. The molecule has 0 aliphatic carbocycles. The Hall–Kier alpha value is -0.210. The van der Waals surface area contributed by atoms with Crippen LogP contribution in [0.1, 0.15) is 0 Å². The summed E-state index contributed by atoms with van der Waals surface area (Å²) in [6, 6.07) is 0. The van der Waals surface area contributed by atoms with Crippen molar-refractivity contribution in [3.8, 4) is 0 Å². The highest BCUT2D eigenvalue weighted by molar-refractivity contribution is 7.84. The Morgan fingerprint density at radius 3 is 2.12 bits per heavy atom. The van der Waals surface area contributed by atoms with Crippen molar-refractivity contribution in [2.45, 2.75) is 55.3 Å². The molecule has 0 amide bonds. The predicted molar refractivity (Wildman–Crippen MR) is 79.3 cm³/mol. The van der Waals surface area contributed by atoms with Crippen molar-refractivity contribution in [1.29, 1.82) is 0 Å². The zero-order chi connectivity index (χ0) is 18.0. The second-order valence-electron chi connectivity index (χ2n) is 5.81. The monoisotopic (exact) mass is 372 g/mol. The Bertz CT molecular complexity index is 421. The molecule has 142 valence electrons. The third kappa shape index (κ3) is 4.12. The lowest BCUT2D eigenvalue weighted by Crippen LogP contribution is -2.61. The quantitative estimate of drug-likeness (QED) is 0.314.